The molecular formula is C16H26N4. The minimum atomic E-state index is 0.502. The lowest BCUT2D eigenvalue weighted by Crippen LogP contribution is -2.34. The van der Waals surface area contributed by atoms with Crippen molar-refractivity contribution >= 4 is 11.6 Å². The Labute approximate surface area is 122 Å². The summed E-state index contributed by atoms with van der Waals surface area (Å²) in [6, 6.07) is 9.92. The van der Waals surface area contributed by atoms with Crippen molar-refractivity contribution in [2.75, 3.05) is 31.5 Å². The highest BCUT2D eigenvalue weighted by Crippen LogP contribution is 2.11. The fourth-order valence-electron chi connectivity index (χ4n) is 2.60. The van der Waals surface area contributed by atoms with Gasteiger partial charge < -0.3 is 16.0 Å². The Morgan fingerprint density at radius 3 is 2.65 bits per heavy atom. The molecule has 1 heterocycles. The van der Waals surface area contributed by atoms with Crippen molar-refractivity contribution in [1.29, 1.82) is 0 Å². The Balaban J connectivity index is 1.73. The molecule has 0 unspecified atom stereocenters. The van der Waals surface area contributed by atoms with Crippen LogP contribution in [-0.2, 0) is 0 Å². The maximum absolute atomic E-state index is 5.91. The van der Waals surface area contributed by atoms with Crippen LogP contribution in [-0.4, -0.2) is 37.0 Å². The molecule has 0 spiro atoms. The SMILES string of the molecule is C[C@H](CN=C(N)Nc1ccccc1)CN1CCCCC1. The number of benzene rings is 1. The van der Waals surface area contributed by atoms with Crippen molar-refractivity contribution in [3.63, 3.8) is 0 Å². The quantitative estimate of drug-likeness (QED) is 0.641. The highest BCUT2D eigenvalue weighted by Gasteiger charge is 2.13. The lowest BCUT2D eigenvalue weighted by molar-refractivity contribution is 0.203. The van der Waals surface area contributed by atoms with E-state index >= 15 is 0 Å². The average Bonchev–Trinajstić information content (AvgIpc) is 2.47. The second kappa shape index (κ2) is 7.90. The number of aliphatic imine (C=N–C) groups is 1. The summed E-state index contributed by atoms with van der Waals surface area (Å²) in [7, 11) is 0. The molecular weight excluding hydrogens is 248 g/mol. The van der Waals surface area contributed by atoms with Crippen LogP contribution in [0.4, 0.5) is 5.69 Å². The van der Waals surface area contributed by atoms with Crippen LogP contribution >= 0.6 is 0 Å². The number of likely N-dealkylation sites (tertiary alicyclic amines) is 1. The number of nitrogens with zero attached hydrogens (tertiary/aromatic N) is 2. The van der Waals surface area contributed by atoms with Crippen LogP contribution in [0.2, 0.25) is 0 Å². The number of piperidine rings is 1. The number of hydrogen-bond acceptors (Lipinski definition) is 2. The molecule has 0 aromatic heterocycles. The van der Waals surface area contributed by atoms with Crippen LogP contribution in [0.5, 0.6) is 0 Å². The van der Waals surface area contributed by atoms with E-state index in [0.29, 0.717) is 11.9 Å². The van der Waals surface area contributed by atoms with Crippen LogP contribution in [0.3, 0.4) is 0 Å². The highest BCUT2D eigenvalue weighted by molar-refractivity contribution is 5.92. The average molecular weight is 274 g/mol. The monoisotopic (exact) mass is 274 g/mol. The van der Waals surface area contributed by atoms with Crippen LogP contribution in [0.15, 0.2) is 35.3 Å². The van der Waals surface area contributed by atoms with Crippen molar-refractivity contribution in [3.8, 4) is 0 Å². The largest absolute Gasteiger partial charge is 0.370 e. The standard InChI is InChI=1S/C16H26N4/c1-14(13-20-10-6-3-7-11-20)12-18-16(17)19-15-8-4-2-5-9-15/h2,4-5,8-9,14H,3,6-7,10-13H2,1H3,(H3,17,18,19)/t14-/m1/s1. The molecule has 0 radical (unpaired) electrons. The van der Waals surface area contributed by atoms with E-state index in [1.54, 1.807) is 0 Å². The Hall–Kier alpha value is -1.55. The summed E-state index contributed by atoms with van der Waals surface area (Å²) in [6.45, 7) is 6.63. The number of nitrogens with one attached hydrogen (secondary N) is 1. The Morgan fingerprint density at radius 2 is 1.95 bits per heavy atom. The van der Waals surface area contributed by atoms with Crippen molar-refractivity contribution in [2.45, 2.75) is 26.2 Å². The third kappa shape index (κ3) is 5.21. The molecule has 0 amide bonds. The lowest BCUT2D eigenvalue weighted by atomic mass is 10.1. The number of nitrogens with two attached hydrogens (primary N) is 1. The zero-order chi connectivity index (χ0) is 14.2. The van der Waals surface area contributed by atoms with Gasteiger partial charge in [-0.1, -0.05) is 31.5 Å². The first-order valence-electron chi connectivity index (χ1n) is 7.58. The van der Waals surface area contributed by atoms with Crippen molar-refractivity contribution in [3.05, 3.63) is 30.3 Å². The minimum absolute atomic E-state index is 0.502. The molecule has 1 atom stereocenters. The summed E-state index contributed by atoms with van der Waals surface area (Å²) < 4.78 is 0. The minimum Gasteiger partial charge on any atom is -0.370 e. The maximum Gasteiger partial charge on any atom is 0.193 e. The normalized spacial score (nSPS) is 18.8. The van der Waals surface area contributed by atoms with Gasteiger partial charge in [0.1, 0.15) is 0 Å². The van der Waals surface area contributed by atoms with Gasteiger partial charge in [-0.3, -0.25) is 4.99 Å². The molecule has 4 heteroatoms. The summed E-state index contributed by atoms with van der Waals surface area (Å²) in [5, 5.41) is 3.12. The molecule has 1 fully saturated rings. The molecule has 1 aromatic rings. The number of hydrogen-bond donors (Lipinski definition) is 2. The number of guanidine groups is 1. The fraction of sp³-hybridized carbons (Fsp3) is 0.562. The van der Waals surface area contributed by atoms with Gasteiger partial charge in [0.05, 0.1) is 0 Å². The van der Waals surface area contributed by atoms with Gasteiger partial charge in [-0.15, -0.1) is 0 Å². The Morgan fingerprint density at radius 1 is 1.25 bits per heavy atom. The molecule has 20 heavy (non-hydrogen) atoms. The third-order valence-corrected chi connectivity index (χ3v) is 3.64. The van der Waals surface area contributed by atoms with Crippen molar-refractivity contribution in [2.24, 2.45) is 16.6 Å². The Bertz CT molecular complexity index is 410. The van der Waals surface area contributed by atoms with Crippen LogP contribution in [0, 0.1) is 5.92 Å². The molecule has 0 saturated carbocycles. The molecule has 110 valence electrons. The number of rotatable bonds is 5. The first-order chi connectivity index (χ1) is 9.74. The van der Waals surface area contributed by atoms with E-state index in [2.05, 4.69) is 22.1 Å². The highest BCUT2D eigenvalue weighted by atomic mass is 15.1. The molecule has 2 rings (SSSR count). The first-order valence-corrected chi connectivity index (χ1v) is 7.58. The summed E-state index contributed by atoms with van der Waals surface area (Å²) in [5.74, 6) is 1.05. The zero-order valence-corrected chi connectivity index (χ0v) is 12.4. The van der Waals surface area contributed by atoms with Crippen LogP contribution < -0.4 is 11.1 Å². The second-order valence-electron chi connectivity index (χ2n) is 5.68. The van der Waals surface area contributed by atoms with Gasteiger partial charge in [0.25, 0.3) is 0 Å². The summed E-state index contributed by atoms with van der Waals surface area (Å²) in [5.41, 5.74) is 6.90. The van der Waals surface area contributed by atoms with Gasteiger partial charge in [-0.25, -0.2) is 0 Å². The number of para-hydroxylation sites is 1. The van der Waals surface area contributed by atoms with Crippen LogP contribution in [0.1, 0.15) is 26.2 Å². The topological polar surface area (TPSA) is 53.6 Å². The molecule has 1 aliphatic heterocycles. The smallest absolute Gasteiger partial charge is 0.193 e. The van der Waals surface area contributed by atoms with Crippen LogP contribution in [0.25, 0.3) is 0 Å². The lowest BCUT2D eigenvalue weighted by Gasteiger charge is -2.28. The predicted molar refractivity (Wildman–Crippen MR) is 86.0 cm³/mol. The van der Waals surface area contributed by atoms with E-state index < -0.39 is 0 Å². The molecule has 1 aromatic carbocycles. The van der Waals surface area contributed by atoms with Gasteiger partial charge in [-0.2, -0.15) is 0 Å². The van der Waals surface area contributed by atoms with Crippen molar-refractivity contribution in [1.82, 2.24) is 4.90 Å². The predicted octanol–water partition coefficient (Wildman–Crippen LogP) is 2.54. The van der Waals surface area contributed by atoms with E-state index in [9.17, 15) is 0 Å². The van der Waals surface area contributed by atoms with Gasteiger partial charge in [0, 0.05) is 18.8 Å². The van der Waals surface area contributed by atoms with Gasteiger partial charge in [0.15, 0.2) is 5.96 Å². The molecule has 4 nitrogen and oxygen atoms in total. The molecule has 3 N–H and O–H groups in total. The molecule has 0 bridgehead atoms. The maximum atomic E-state index is 5.91. The fourth-order valence-corrected chi connectivity index (χ4v) is 2.60. The summed E-state index contributed by atoms with van der Waals surface area (Å²) in [6.07, 6.45) is 4.07. The summed E-state index contributed by atoms with van der Waals surface area (Å²) in [4.78, 5) is 6.99. The van der Waals surface area contributed by atoms with Gasteiger partial charge in [0.2, 0.25) is 0 Å². The van der Waals surface area contributed by atoms with E-state index in [-0.39, 0.29) is 0 Å². The first kappa shape index (κ1) is 14.9. The molecule has 1 saturated heterocycles. The van der Waals surface area contributed by atoms with Gasteiger partial charge in [-0.05, 0) is 44.0 Å². The van der Waals surface area contributed by atoms with Gasteiger partial charge >= 0.3 is 0 Å². The van der Waals surface area contributed by atoms with E-state index in [1.807, 2.05) is 30.3 Å². The van der Waals surface area contributed by atoms with E-state index in [1.165, 1.54) is 32.4 Å². The second-order valence-corrected chi connectivity index (χ2v) is 5.68. The Kier molecular flexibility index (Phi) is 5.87. The van der Waals surface area contributed by atoms with E-state index in [4.69, 9.17) is 5.73 Å². The van der Waals surface area contributed by atoms with Crippen molar-refractivity contribution < 1.29 is 0 Å². The molecule has 1 aliphatic rings. The zero-order valence-electron chi connectivity index (χ0n) is 12.4. The third-order valence-electron chi connectivity index (χ3n) is 3.64. The molecule has 0 aliphatic carbocycles. The summed E-state index contributed by atoms with van der Waals surface area (Å²) >= 11 is 0. The number of anilines is 1. The van der Waals surface area contributed by atoms with E-state index in [0.717, 1.165) is 18.8 Å².